The van der Waals surface area contributed by atoms with Gasteiger partial charge in [0.1, 0.15) is 11.0 Å². The maximum atomic E-state index is 12.6. The lowest BCUT2D eigenvalue weighted by atomic mass is 9.99. The quantitative estimate of drug-likeness (QED) is 0.0282. The van der Waals surface area contributed by atoms with Crippen LogP contribution in [0.2, 0.25) is 5.15 Å². The Morgan fingerprint density at radius 2 is 0.592 bits per heavy atom. The number of hydrogen-bond donors (Lipinski definition) is 1. The van der Waals surface area contributed by atoms with Crippen LogP contribution in [0.15, 0.2) is 267 Å². The number of carbonyl (C=O) groups excluding carboxylic acids is 8. The van der Waals surface area contributed by atoms with Crippen LogP contribution in [0.5, 0.6) is 5.88 Å². The SMILES string of the molecule is CCCN(C(=O)CC)c1ccc(-c2ccc(C(=O)CCc3ccc(C)nc3)cc2)cc1.CCCN(C(=O)CC)c1ccc(-c2ccc(C(=O)CCc3cccnc3Cl)cc2)cc1.CCCN(C(=O)CC)c1ccc(-c2ccc(C(=O)CCc3cccnc3N)cc2)cc1.CCCN(C(=O)CC)c1ccc(-c2ccc(C(=O)CCc3cccnc3OC)cc2)cc1. The number of ether oxygens (including phenoxy) is 1. The minimum atomic E-state index is 0.0788. The summed E-state index contributed by atoms with van der Waals surface area (Å²) < 4.78 is 5.26. The average Bonchev–Trinajstić information content (AvgIpc) is 0.838. The predicted octanol–water partition coefficient (Wildman–Crippen LogP) is 23.4. The summed E-state index contributed by atoms with van der Waals surface area (Å²) in [6.07, 6.45) is 16.5. The summed E-state index contributed by atoms with van der Waals surface area (Å²) in [5, 5.41) is 0.451. The molecule has 0 aliphatic rings. The standard InChI is InChI=1S/C27H30N2O3.C27H30N2O2.C26H27ClN2O2.C26H29N3O2/c1-4-19-29(26(31)5-2)24-15-12-21(13-16-24)20-8-10-22(11-9-20)25(30)17-14-23-7-6-18-28-27(23)32-3;1-4-18-29(27(31)5-2)25-15-13-23(14-16-25)22-9-11-24(12-10-22)26(30)17-8-21-7-6-20(3)28-19-21;2*1-3-18-29(25(31)4-2)23-14-11-20(12-15-23)19-7-9-21(10-8-19)24(30)16-13-22-6-5-17-28-26(22)27/h6-13,15-16,18H,4-5,14,17,19H2,1-3H3;6-7,9-16,19H,4-5,8,17-18H2,1-3H3;5-12,14-15,17H,3-4,13,16,18H2,1-2H3;5-12,14-15,17H,3-4,13,16,18H2,1-2H3,(H2,27,28). The zero-order chi connectivity index (χ0) is 89.6. The molecule has 4 amide bonds. The Labute approximate surface area is 742 Å². The molecule has 0 bridgehead atoms. The van der Waals surface area contributed by atoms with Crippen LogP contribution in [0.1, 0.15) is 202 Å². The monoisotopic (exact) mass is 1690 g/mol. The molecule has 4 heterocycles. The van der Waals surface area contributed by atoms with Gasteiger partial charge in [-0.3, -0.25) is 43.3 Å². The molecule has 0 aliphatic carbocycles. The van der Waals surface area contributed by atoms with Crippen molar-refractivity contribution in [1.82, 2.24) is 19.9 Å². The zero-order valence-corrected chi connectivity index (χ0v) is 74.5. The molecule has 4 aromatic heterocycles. The van der Waals surface area contributed by atoms with Gasteiger partial charge < -0.3 is 30.1 Å². The molecule has 12 rings (SSSR count). The van der Waals surface area contributed by atoms with Crippen molar-refractivity contribution in [3.05, 3.63) is 323 Å². The van der Waals surface area contributed by atoms with Crippen LogP contribution in [0, 0.1) is 6.92 Å². The van der Waals surface area contributed by atoms with Crippen LogP contribution in [0.3, 0.4) is 0 Å². The number of Topliss-reactive ketones (excluding diaryl/α,β-unsaturated/α-hetero) is 4. The number of pyridine rings is 4. The number of halogens is 1. The fourth-order valence-electron chi connectivity index (χ4n) is 14.3. The van der Waals surface area contributed by atoms with Crippen molar-refractivity contribution in [1.29, 1.82) is 0 Å². The number of benzene rings is 8. The number of amides is 4. The van der Waals surface area contributed by atoms with Crippen LogP contribution < -0.4 is 30.1 Å². The Hall–Kier alpha value is -13.2. The van der Waals surface area contributed by atoms with E-state index in [1.807, 2.05) is 303 Å². The highest BCUT2D eigenvalue weighted by molar-refractivity contribution is 6.30. The molecule has 0 saturated carbocycles. The van der Waals surface area contributed by atoms with Gasteiger partial charge in [0.2, 0.25) is 29.5 Å². The van der Waals surface area contributed by atoms with Crippen LogP contribution in [0.4, 0.5) is 28.6 Å². The van der Waals surface area contributed by atoms with Crippen LogP contribution in [0.25, 0.3) is 44.5 Å². The largest absolute Gasteiger partial charge is 0.481 e. The molecule has 8 aromatic carbocycles. The molecule has 0 spiro atoms. The van der Waals surface area contributed by atoms with Crippen molar-refractivity contribution in [2.45, 2.75) is 165 Å². The summed E-state index contributed by atoms with van der Waals surface area (Å²) in [7, 11) is 1.59. The molecule has 0 atom stereocenters. The van der Waals surface area contributed by atoms with Crippen molar-refractivity contribution in [2.75, 3.05) is 58.6 Å². The Morgan fingerprint density at radius 1 is 0.320 bits per heavy atom. The van der Waals surface area contributed by atoms with Gasteiger partial charge in [-0.15, -0.1) is 0 Å². The number of nitrogens with zero attached hydrogens (tertiary/aromatic N) is 8. The van der Waals surface area contributed by atoms with Gasteiger partial charge in [-0.25, -0.2) is 15.0 Å². The van der Waals surface area contributed by atoms with E-state index in [9.17, 15) is 38.4 Å². The molecule has 0 saturated heterocycles. The summed E-state index contributed by atoms with van der Waals surface area (Å²) in [5.41, 5.74) is 25.4. The first-order valence-corrected chi connectivity index (χ1v) is 43.9. The maximum Gasteiger partial charge on any atom is 0.226 e. The van der Waals surface area contributed by atoms with Crippen molar-refractivity contribution < 1.29 is 43.1 Å². The molecule has 19 heteroatoms. The minimum Gasteiger partial charge on any atom is -0.481 e. The Bertz CT molecular complexity index is 5310. The Balaban J connectivity index is 0.000000189. The fourth-order valence-corrected chi connectivity index (χ4v) is 14.5. The lowest BCUT2D eigenvalue weighted by Crippen LogP contribution is -2.30. The fraction of sp³-hybridized carbons (Fsp3) is 0.283. The third-order valence-corrected chi connectivity index (χ3v) is 21.7. The Morgan fingerprint density at radius 3 is 0.872 bits per heavy atom. The number of nitrogens with two attached hydrogens (primary N) is 1. The number of nitrogen functional groups attached to an aromatic ring is 1. The van der Waals surface area contributed by atoms with Crippen LogP contribution >= 0.6 is 11.6 Å². The smallest absolute Gasteiger partial charge is 0.226 e. The number of hydrogen-bond acceptors (Lipinski definition) is 14. The molecular formula is C106H116ClN9O9. The first-order chi connectivity index (χ1) is 60.6. The van der Waals surface area contributed by atoms with Gasteiger partial charge in [0.05, 0.1) is 7.11 Å². The van der Waals surface area contributed by atoms with Crippen molar-refractivity contribution in [3.8, 4) is 50.4 Å². The maximum absolute atomic E-state index is 12.6. The van der Waals surface area contributed by atoms with E-state index in [1.54, 1.807) is 25.7 Å². The topological polar surface area (TPSA) is 236 Å². The van der Waals surface area contributed by atoms with E-state index >= 15 is 0 Å². The highest BCUT2D eigenvalue weighted by atomic mass is 35.5. The number of aryl methyl sites for hydroxylation is 5. The number of methoxy groups -OCH3 is 1. The summed E-state index contributed by atoms with van der Waals surface area (Å²) >= 11 is 6.07. The second-order valence-corrected chi connectivity index (χ2v) is 30.6. The molecule has 0 radical (unpaired) electrons. The molecule has 0 unspecified atom stereocenters. The lowest BCUT2D eigenvalue weighted by molar-refractivity contribution is -0.119. The lowest BCUT2D eigenvalue weighted by Gasteiger charge is -2.22. The van der Waals surface area contributed by atoms with Crippen LogP contribution in [-0.4, -0.2) is 100.0 Å². The van der Waals surface area contributed by atoms with E-state index < -0.39 is 0 Å². The summed E-state index contributed by atoms with van der Waals surface area (Å²) in [4.78, 5) is 123. The second-order valence-electron chi connectivity index (χ2n) is 30.3. The number of rotatable bonds is 37. The number of carbonyl (C=O) groups is 8. The highest BCUT2D eigenvalue weighted by Gasteiger charge is 2.20. The van der Waals surface area contributed by atoms with E-state index in [-0.39, 0.29) is 46.8 Å². The van der Waals surface area contributed by atoms with Gasteiger partial charge >= 0.3 is 0 Å². The van der Waals surface area contributed by atoms with Crippen molar-refractivity contribution >= 4 is 86.9 Å². The third kappa shape index (κ3) is 28.2. The van der Waals surface area contributed by atoms with Gasteiger partial charge in [0.25, 0.3) is 0 Å². The molecule has 0 aliphatic heterocycles. The normalized spacial score (nSPS) is 10.6. The minimum absolute atomic E-state index is 0.0788. The summed E-state index contributed by atoms with van der Waals surface area (Å²) in [6.45, 7) is 20.6. The molecule has 0 fully saturated rings. The molecule has 2 N–H and O–H groups in total. The molecule has 646 valence electrons. The average molecular weight is 1700 g/mol. The van der Waals surface area contributed by atoms with Crippen molar-refractivity contribution in [2.24, 2.45) is 0 Å². The van der Waals surface area contributed by atoms with Gasteiger partial charge in [-0.1, -0.05) is 237 Å². The molecule has 125 heavy (non-hydrogen) atoms. The summed E-state index contributed by atoms with van der Waals surface area (Å²) in [6, 6.07) is 78.0. The number of anilines is 5. The first kappa shape index (κ1) is 95.6. The van der Waals surface area contributed by atoms with E-state index in [4.69, 9.17) is 22.1 Å². The van der Waals surface area contributed by atoms with Gasteiger partial charge in [0.15, 0.2) is 23.1 Å². The Kier molecular flexibility index (Phi) is 38.1. The third-order valence-electron chi connectivity index (χ3n) is 21.4. The number of aromatic nitrogens is 4. The predicted molar refractivity (Wildman–Crippen MR) is 508 cm³/mol. The number of ketones is 4. The van der Waals surface area contributed by atoms with Gasteiger partial charge in [-0.05, 0) is 192 Å². The van der Waals surface area contributed by atoms with Crippen LogP contribution in [-0.2, 0) is 44.9 Å². The van der Waals surface area contributed by atoms with E-state index in [0.29, 0.717) is 130 Å². The van der Waals surface area contributed by atoms with E-state index in [1.165, 1.54) is 0 Å². The van der Waals surface area contributed by atoms with Gasteiger partial charge in [0, 0.05) is 159 Å². The van der Waals surface area contributed by atoms with E-state index in [0.717, 1.165) is 133 Å². The molecule has 18 nitrogen and oxygen atoms in total. The zero-order valence-electron chi connectivity index (χ0n) is 73.8. The summed E-state index contributed by atoms with van der Waals surface area (Å²) in [5.74, 6) is 1.96. The second kappa shape index (κ2) is 49.8. The van der Waals surface area contributed by atoms with E-state index in [2.05, 4.69) is 47.6 Å². The first-order valence-electron chi connectivity index (χ1n) is 43.5. The molecular weight excluding hydrogens is 1580 g/mol. The highest BCUT2D eigenvalue weighted by Crippen LogP contribution is 2.31. The van der Waals surface area contributed by atoms with Gasteiger partial charge in [-0.2, -0.15) is 0 Å². The molecule has 12 aromatic rings. The van der Waals surface area contributed by atoms with Crippen molar-refractivity contribution in [3.63, 3.8) is 0 Å².